The minimum Gasteiger partial charge on any atom is -0.390 e. The zero-order chi connectivity index (χ0) is 22.3. The molecule has 3 aromatic rings. The van der Waals surface area contributed by atoms with Gasteiger partial charge in [0.2, 0.25) is 0 Å². The molecule has 1 N–H and O–H groups in total. The lowest BCUT2D eigenvalue weighted by Gasteiger charge is -2.28. The highest BCUT2D eigenvalue weighted by molar-refractivity contribution is 7.13. The molecule has 0 saturated heterocycles. The molecule has 0 radical (unpaired) electrons. The molecule has 0 fully saturated rings. The molecular formula is C20H22ClN5O3S2. The van der Waals surface area contributed by atoms with E-state index in [1.807, 2.05) is 6.92 Å². The number of aromatic nitrogens is 5. The normalized spacial score (nSPS) is 15.6. The van der Waals surface area contributed by atoms with Crippen molar-refractivity contribution >= 4 is 34.3 Å². The summed E-state index contributed by atoms with van der Waals surface area (Å²) < 4.78 is 4.67. The van der Waals surface area contributed by atoms with Crippen LogP contribution in [-0.2, 0) is 27.2 Å². The van der Waals surface area contributed by atoms with Gasteiger partial charge in [0.05, 0.1) is 23.9 Å². The van der Waals surface area contributed by atoms with Gasteiger partial charge < -0.3 is 9.67 Å². The zero-order valence-corrected chi connectivity index (χ0v) is 19.7. The molecule has 4 heterocycles. The number of aliphatic hydroxyl groups excluding tert-OH is 1. The van der Waals surface area contributed by atoms with Gasteiger partial charge in [0.1, 0.15) is 15.2 Å². The molecule has 164 valence electrons. The topological polar surface area (TPSA) is 94.9 Å². The fraction of sp³-hybridized carbons (Fsp3) is 0.400. The molecule has 1 unspecified atom stereocenters. The van der Waals surface area contributed by atoms with Crippen LogP contribution in [0.2, 0.25) is 5.15 Å². The molecule has 1 aliphatic rings. The number of rotatable bonds is 3. The molecule has 31 heavy (non-hydrogen) atoms. The second kappa shape index (κ2) is 8.70. The molecule has 0 saturated carbocycles. The van der Waals surface area contributed by atoms with Gasteiger partial charge in [0.15, 0.2) is 0 Å². The highest BCUT2D eigenvalue weighted by Gasteiger charge is 2.28. The first kappa shape index (κ1) is 21.9. The van der Waals surface area contributed by atoms with Crippen LogP contribution in [0.4, 0.5) is 0 Å². The molecule has 4 rings (SSSR count). The maximum atomic E-state index is 13.0. The molecule has 0 aliphatic carbocycles. The van der Waals surface area contributed by atoms with E-state index in [9.17, 15) is 14.7 Å². The van der Waals surface area contributed by atoms with Gasteiger partial charge in [-0.2, -0.15) is 0 Å². The minimum atomic E-state index is -0.430. The zero-order valence-electron chi connectivity index (χ0n) is 17.3. The van der Waals surface area contributed by atoms with E-state index in [0.717, 1.165) is 33.8 Å². The summed E-state index contributed by atoms with van der Waals surface area (Å²) in [7, 11) is 3.14. The summed E-state index contributed by atoms with van der Waals surface area (Å²) in [5, 5.41) is 15.0. The van der Waals surface area contributed by atoms with Crippen molar-refractivity contribution in [2.45, 2.75) is 38.8 Å². The van der Waals surface area contributed by atoms with Gasteiger partial charge in [-0.05, 0) is 19.8 Å². The maximum absolute atomic E-state index is 13.0. The third kappa shape index (κ3) is 4.00. The van der Waals surface area contributed by atoms with Crippen molar-refractivity contribution in [3.8, 4) is 10.7 Å². The summed E-state index contributed by atoms with van der Waals surface area (Å²) in [5.74, 6) is -0.0688. The lowest BCUT2D eigenvalue weighted by molar-refractivity contribution is 0.278. The summed E-state index contributed by atoms with van der Waals surface area (Å²) >= 11 is 8.97. The molecule has 1 aliphatic heterocycles. The standard InChI is InChI=1S/C20H22ClN5O3S2/c1-11-17-13(18-23-15(21)10-31-18)5-4-6-26(17)14(19-22-12(8-27)9-30-19)7-16(28)25(3)20(29)24(11)2/h7,9-10,13,27H,4-6,8H2,1-3H3. The second-order valence-electron chi connectivity index (χ2n) is 7.40. The van der Waals surface area contributed by atoms with E-state index in [4.69, 9.17) is 11.6 Å². The predicted octanol–water partition coefficient (Wildman–Crippen LogP) is 2.97. The minimum absolute atomic E-state index is 0.0688. The Hall–Kier alpha value is -2.27. The van der Waals surface area contributed by atoms with E-state index in [1.54, 1.807) is 17.8 Å². The molecule has 0 bridgehead atoms. The van der Waals surface area contributed by atoms with Gasteiger partial charge in [-0.1, -0.05) is 11.6 Å². The average Bonchev–Trinajstić information content (AvgIpc) is 3.43. The lowest BCUT2D eigenvalue weighted by atomic mass is 9.94. The van der Waals surface area contributed by atoms with Crippen molar-refractivity contribution in [2.75, 3.05) is 0 Å². The van der Waals surface area contributed by atoms with Crippen molar-refractivity contribution < 1.29 is 5.11 Å². The van der Waals surface area contributed by atoms with E-state index in [1.165, 1.54) is 40.4 Å². The summed E-state index contributed by atoms with van der Waals surface area (Å²) in [6.07, 6.45) is 1.72. The van der Waals surface area contributed by atoms with Crippen molar-refractivity contribution in [1.29, 1.82) is 0 Å². The number of thiazole rings is 2. The lowest BCUT2D eigenvalue weighted by Crippen LogP contribution is -2.34. The van der Waals surface area contributed by atoms with Gasteiger partial charge in [-0.3, -0.25) is 13.9 Å². The fourth-order valence-corrected chi connectivity index (χ4v) is 5.79. The first-order chi connectivity index (χ1) is 14.8. The number of hydrogen-bond acceptors (Lipinski definition) is 7. The Morgan fingerprint density at radius 2 is 1.97 bits per heavy atom. The average molecular weight is 480 g/mol. The van der Waals surface area contributed by atoms with Crippen molar-refractivity contribution in [3.05, 3.63) is 64.9 Å². The highest BCUT2D eigenvalue weighted by Crippen LogP contribution is 2.38. The third-order valence-corrected chi connectivity index (χ3v) is 7.74. The van der Waals surface area contributed by atoms with E-state index < -0.39 is 11.2 Å². The number of fused-ring (bicyclic) bond motifs is 1. The molecule has 0 spiro atoms. The van der Waals surface area contributed by atoms with E-state index in [-0.39, 0.29) is 12.5 Å². The Kier molecular flexibility index (Phi) is 6.16. The van der Waals surface area contributed by atoms with Gasteiger partial charge in [0, 0.05) is 48.9 Å². The largest absolute Gasteiger partial charge is 0.390 e. The van der Waals surface area contributed by atoms with Crippen LogP contribution in [-0.4, -0.2) is 28.8 Å². The monoisotopic (exact) mass is 479 g/mol. The summed E-state index contributed by atoms with van der Waals surface area (Å²) in [6.45, 7) is 2.37. The summed E-state index contributed by atoms with van der Waals surface area (Å²) in [6, 6.07) is 1.46. The van der Waals surface area contributed by atoms with Crippen molar-refractivity contribution in [1.82, 2.24) is 23.7 Å². The van der Waals surface area contributed by atoms with Crippen LogP contribution >= 0.6 is 34.3 Å². The SMILES string of the molecule is Cc1c2n(c(-c3nc(CO)cs3)cc(=O)n(C)c(=O)n1C)CCCC2c1nc(Cl)cs1. The van der Waals surface area contributed by atoms with Crippen LogP contribution in [0, 0.1) is 6.92 Å². The first-order valence-electron chi connectivity index (χ1n) is 9.73. The van der Waals surface area contributed by atoms with Crippen LogP contribution in [0.15, 0.2) is 26.4 Å². The Balaban J connectivity index is 2.17. The molecule has 0 aromatic carbocycles. The van der Waals surface area contributed by atoms with Crippen LogP contribution in [0.1, 0.15) is 40.8 Å². The summed E-state index contributed by atoms with van der Waals surface area (Å²) in [4.78, 5) is 34.9. The molecule has 11 heteroatoms. The number of hydrogen-bond donors (Lipinski definition) is 1. The first-order valence-corrected chi connectivity index (χ1v) is 11.9. The van der Waals surface area contributed by atoms with Gasteiger partial charge >= 0.3 is 5.69 Å². The highest BCUT2D eigenvalue weighted by atomic mass is 35.5. The van der Waals surface area contributed by atoms with Crippen LogP contribution in [0.3, 0.4) is 0 Å². The third-order valence-electron chi connectivity index (χ3n) is 5.55. The Bertz CT molecular complexity index is 1320. The van der Waals surface area contributed by atoms with Gasteiger partial charge in [0.25, 0.3) is 5.56 Å². The molecular weight excluding hydrogens is 458 g/mol. The van der Waals surface area contributed by atoms with Gasteiger partial charge in [-0.15, -0.1) is 22.7 Å². The van der Waals surface area contributed by atoms with Crippen molar-refractivity contribution in [3.63, 3.8) is 0 Å². The fourth-order valence-electron chi connectivity index (χ4n) is 3.86. The van der Waals surface area contributed by atoms with E-state index >= 15 is 0 Å². The van der Waals surface area contributed by atoms with Crippen LogP contribution in [0.5, 0.6) is 0 Å². The molecule has 3 aromatic heterocycles. The number of aliphatic hydroxyl groups is 1. The quantitative estimate of drug-likeness (QED) is 0.623. The smallest absolute Gasteiger partial charge is 0.330 e. The van der Waals surface area contributed by atoms with Crippen molar-refractivity contribution in [2.24, 2.45) is 14.1 Å². The van der Waals surface area contributed by atoms with Crippen LogP contribution < -0.4 is 11.2 Å². The molecule has 0 amide bonds. The summed E-state index contributed by atoms with van der Waals surface area (Å²) in [5.41, 5.74) is 1.96. The number of nitrogens with zero attached hydrogens (tertiary/aromatic N) is 5. The Morgan fingerprint density at radius 3 is 2.61 bits per heavy atom. The van der Waals surface area contributed by atoms with Crippen LogP contribution in [0.25, 0.3) is 10.7 Å². The Morgan fingerprint density at radius 1 is 1.19 bits per heavy atom. The Labute approximate surface area is 191 Å². The molecule has 1 atom stereocenters. The number of halogens is 1. The van der Waals surface area contributed by atoms with E-state index in [2.05, 4.69) is 14.5 Å². The second-order valence-corrected chi connectivity index (χ2v) is 9.53. The molecule has 8 nitrogen and oxygen atoms in total. The maximum Gasteiger partial charge on any atom is 0.330 e. The predicted molar refractivity (Wildman–Crippen MR) is 123 cm³/mol. The van der Waals surface area contributed by atoms with E-state index in [0.29, 0.717) is 28.1 Å². The van der Waals surface area contributed by atoms with Gasteiger partial charge in [-0.25, -0.2) is 14.8 Å².